The van der Waals surface area contributed by atoms with E-state index in [0.717, 1.165) is 5.56 Å². The van der Waals surface area contributed by atoms with Crippen LogP contribution in [0.1, 0.15) is 12.0 Å². The molecule has 0 heterocycles. The number of carbonyl (C=O) groups excluding carboxylic acids is 1. The van der Waals surface area contributed by atoms with Crippen molar-refractivity contribution in [3.05, 3.63) is 35.9 Å². The van der Waals surface area contributed by atoms with Crippen LogP contribution in [0.4, 0.5) is 0 Å². The van der Waals surface area contributed by atoms with Gasteiger partial charge in [0, 0.05) is 13.6 Å². The summed E-state index contributed by atoms with van der Waals surface area (Å²) in [5, 5.41) is 0. The Hall–Kier alpha value is -1.42. The van der Waals surface area contributed by atoms with Crippen LogP contribution < -0.4 is 5.73 Å². The second kappa shape index (κ2) is 5.46. The lowest BCUT2D eigenvalue weighted by atomic mass is 10.2. The van der Waals surface area contributed by atoms with E-state index in [2.05, 4.69) is 0 Å². The van der Waals surface area contributed by atoms with Crippen molar-refractivity contribution in [1.29, 1.82) is 0 Å². The molecule has 4 heteroatoms. The topological polar surface area (TPSA) is 46.3 Å². The molecule has 0 fully saturated rings. The largest absolute Gasteiger partial charge is 0.369 e. The van der Waals surface area contributed by atoms with E-state index in [0.29, 0.717) is 11.5 Å². The number of thiocarbonyl (C=S) groups is 1. The highest BCUT2D eigenvalue weighted by Gasteiger charge is 2.07. The molecule has 0 unspecified atom stereocenters. The number of benzene rings is 1. The molecule has 0 aliphatic carbocycles. The number of primary amides is 1. The summed E-state index contributed by atoms with van der Waals surface area (Å²) in [6, 6.07) is 9.94. The van der Waals surface area contributed by atoms with E-state index >= 15 is 0 Å². The third kappa shape index (κ3) is 4.08. The molecular weight excluding hydrogens is 208 g/mol. The first-order chi connectivity index (χ1) is 7.09. The second-order valence-electron chi connectivity index (χ2n) is 3.38. The van der Waals surface area contributed by atoms with E-state index in [1.807, 2.05) is 42.3 Å². The molecule has 0 aliphatic heterocycles. The number of rotatable bonds is 4. The van der Waals surface area contributed by atoms with Crippen molar-refractivity contribution in [2.45, 2.75) is 13.0 Å². The van der Waals surface area contributed by atoms with Gasteiger partial charge >= 0.3 is 0 Å². The van der Waals surface area contributed by atoms with Crippen molar-refractivity contribution in [2.24, 2.45) is 5.73 Å². The predicted molar refractivity (Wildman–Crippen MR) is 64.3 cm³/mol. The van der Waals surface area contributed by atoms with Crippen molar-refractivity contribution in [1.82, 2.24) is 4.90 Å². The van der Waals surface area contributed by atoms with E-state index in [-0.39, 0.29) is 12.3 Å². The van der Waals surface area contributed by atoms with E-state index in [9.17, 15) is 4.79 Å². The minimum absolute atomic E-state index is 0.138. The zero-order chi connectivity index (χ0) is 11.3. The molecule has 0 atom stereocenters. The molecule has 80 valence electrons. The van der Waals surface area contributed by atoms with E-state index in [4.69, 9.17) is 18.0 Å². The standard InChI is InChI=1S/C11H14N2OS/c1-13(11(15)7-10(12)14)8-9-5-3-2-4-6-9/h2-6H,7-8H2,1H3,(H2,12,14). The molecule has 15 heavy (non-hydrogen) atoms. The van der Waals surface area contributed by atoms with Gasteiger partial charge in [0.2, 0.25) is 5.91 Å². The Kier molecular flexibility index (Phi) is 4.24. The normalized spacial score (nSPS) is 9.67. The highest BCUT2D eigenvalue weighted by Crippen LogP contribution is 2.04. The average molecular weight is 222 g/mol. The van der Waals surface area contributed by atoms with Crippen LogP contribution in [-0.2, 0) is 11.3 Å². The quantitative estimate of drug-likeness (QED) is 0.782. The van der Waals surface area contributed by atoms with Crippen LogP contribution in [0.3, 0.4) is 0 Å². The molecular formula is C11H14N2OS. The molecule has 1 amide bonds. The molecule has 0 saturated heterocycles. The predicted octanol–water partition coefficient (Wildman–Crippen LogP) is 1.32. The first-order valence-electron chi connectivity index (χ1n) is 4.66. The fourth-order valence-electron chi connectivity index (χ4n) is 1.23. The van der Waals surface area contributed by atoms with Gasteiger partial charge in [0.05, 0.1) is 11.4 Å². The molecule has 0 aliphatic rings. The van der Waals surface area contributed by atoms with Gasteiger partial charge in [-0.3, -0.25) is 4.79 Å². The number of hydrogen-bond acceptors (Lipinski definition) is 2. The molecule has 1 rings (SSSR count). The summed E-state index contributed by atoms with van der Waals surface area (Å²) in [5.41, 5.74) is 6.23. The Morgan fingerprint density at radius 3 is 2.53 bits per heavy atom. The van der Waals surface area contributed by atoms with Gasteiger partial charge in [-0.1, -0.05) is 42.5 Å². The van der Waals surface area contributed by atoms with Gasteiger partial charge in [-0.05, 0) is 5.56 Å². The van der Waals surface area contributed by atoms with Crippen LogP contribution >= 0.6 is 12.2 Å². The minimum Gasteiger partial charge on any atom is -0.369 e. The first-order valence-corrected chi connectivity index (χ1v) is 5.06. The van der Waals surface area contributed by atoms with E-state index < -0.39 is 0 Å². The van der Waals surface area contributed by atoms with Gasteiger partial charge in [-0.25, -0.2) is 0 Å². The summed E-state index contributed by atoms with van der Waals surface area (Å²) in [5.74, 6) is -0.389. The van der Waals surface area contributed by atoms with Gasteiger partial charge < -0.3 is 10.6 Å². The Bertz CT molecular complexity index is 351. The smallest absolute Gasteiger partial charge is 0.224 e. The molecule has 2 N–H and O–H groups in total. The van der Waals surface area contributed by atoms with Crippen molar-refractivity contribution < 1.29 is 4.79 Å². The number of nitrogens with zero attached hydrogens (tertiary/aromatic N) is 1. The van der Waals surface area contributed by atoms with Crippen LogP contribution in [-0.4, -0.2) is 22.8 Å². The van der Waals surface area contributed by atoms with Crippen LogP contribution in [0, 0.1) is 0 Å². The third-order valence-electron chi connectivity index (χ3n) is 2.01. The van der Waals surface area contributed by atoms with Gasteiger partial charge in [0.25, 0.3) is 0 Å². The average Bonchev–Trinajstić information content (AvgIpc) is 2.18. The number of hydrogen-bond donors (Lipinski definition) is 1. The molecule has 0 saturated carbocycles. The summed E-state index contributed by atoms with van der Waals surface area (Å²) in [6.45, 7) is 0.701. The summed E-state index contributed by atoms with van der Waals surface area (Å²) in [6.07, 6.45) is 0.138. The van der Waals surface area contributed by atoms with Gasteiger partial charge in [-0.15, -0.1) is 0 Å². The molecule has 0 radical (unpaired) electrons. The lowest BCUT2D eigenvalue weighted by Crippen LogP contribution is -2.28. The Morgan fingerprint density at radius 1 is 1.40 bits per heavy atom. The fraction of sp³-hybridized carbons (Fsp3) is 0.273. The molecule has 0 aromatic heterocycles. The SMILES string of the molecule is CN(Cc1ccccc1)C(=S)CC(N)=O. The molecule has 1 aromatic carbocycles. The van der Waals surface area contributed by atoms with Crippen molar-refractivity contribution in [3.63, 3.8) is 0 Å². The monoisotopic (exact) mass is 222 g/mol. The second-order valence-corrected chi connectivity index (χ2v) is 3.85. The van der Waals surface area contributed by atoms with Gasteiger partial charge in [-0.2, -0.15) is 0 Å². The first kappa shape index (κ1) is 11.7. The van der Waals surface area contributed by atoms with Crippen LogP contribution in [0.2, 0.25) is 0 Å². The van der Waals surface area contributed by atoms with E-state index in [1.54, 1.807) is 0 Å². The maximum Gasteiger partial charge on any atom is 0.224 e. The van der Waals surface area contributed by atoms with Crippen molar-refractivity contribution in [2.75, 3.05) is 7.05 Å². The summed E-state index contributed by atoms with van der Waals surface area (Å²) < 4.78 is 0. The van der Waals surface area contributed by atoms with Crippen LogP contribution in [0.5, 0.6) is 0 Å². The zero-order valence-electron chi connectivity index (χ0n) is 8.64. The van der Waals surface area contributed by atoms with E-state index in [1.165, 1.54) is 0 Å². The minimum atomic E-state index is -0.389. The molecule has 3 nitrogen and oxygen atoms in total. The fourth-order valence-corrected chi connectivity index (χ4v) is 1.44. The van der Waals surface area contributed by atoms with Gasteiger partial charge in [0.1, 0.15) is 0 Å². The molecule has 1 aromatic rings. The highest BCUT2D eigenvalue weighted by atomic mass is 32.1. The Labute approximate surface area is 94.9 Å². The Morgan fingerprint density at radius 2 is 2.00 bits per heavy atom. The third-order valence-corrected chi connectivity index (χ3v) is 2.47. The lowest BCUT2D eigenvalue weighted by molar-refractivity contribution is -0.116. The lowest BCUT2D eigenvalue weighted by Gasteiger charge is -2.19. The summed E-state index contributed by atoms with van der Waals surface area (Å²) in [7, 11) is 1.86. The number of amides is 1. The molecule has 0 spiro atoms. The van der Waals surface area contributed by atoms with Crippen molar-refractivity contribution >= 4 is 23.1 Å². The van der Waals surface area contributed by atoms with Crippen LogP contribution in [0.25, 0.3) is 0 Å². The zero-order valence-corrected chi connectivity index (χ0v) is 9.46. The number of carbonyl (C=O) groups is 1. The van der Waals surface area contributed by atoms with Gasteiger partial charge in [0.15, 0.2) is 0 Å². The summed E-state index contributed by atoms with van der Waals surface area (Å²) >= 11 is 5.08. The van der Waals surface area contributed by atoms with Crippen LogP contribution in [0.15, 0.2) is 30.3 Å². The maximum atomic E-state index is 10.7. The highest BCUT2D eigenvalue weighted by molar-refractivity contribution is 7.80. The summed E-state index contributed by atoms with van der Waals surface area (Å²) in [4.78, 5) is 13.1. The molecule has 0 bridgehead atoms. The van der Waals surface area contributed by atoms with Crippen molar-refractivity contribution in [3.8, 4) is 0 Å². The maximum absolute atomic E-state index is 10.7. The Balaban J connectivity index is 2.52. The number of nitrogens with two attached hydrogens (primary N) is 1.